The van der Waals surface area contributed by atoms with Gasteiger partial charge in [-0.3, -0.25) is 14.5 Å². The Bertz CT molecular complexity index is 480. The van der Waals surface area contributed by atoms with Gasteiger partial charge in [0.05, 0.1) is 12.8 Å². The minimum atomic E-state index is -0.909. The van der Waals surface area contributed by atoms with Crippen molar-refractivity contribution in [3.63, 3.8) is 0 Å². The summed E-state index contributed by atoms with van der Waals surface area (Å²) >= 11 is 0. The van der Waals surface area contributed by atoms with E-state index in [2.05, 4.69) is 17.0 Å². The summed E-state index contributed by atoms with van der Waals surface area (Å²) in [6.45, 7) is 2.32. The molecule has 2 rings (SSSR count). The number of piperidine rings is 1. The Hall–Kier alpha value is -1.59. The Morgan fingerprint density at radius 1 is 1.00 bits per heavy atom. The van der Waals surface area contributed by atoms with Crippen LogP contribution in [-0.2, 0) is 16.1 Å². The maximum Gasteiger partial charge on any atom is 0.303 e. The molecule has 122 valence electrons. The molecule has 1 aromatic carbocycles. The molecule has 1 fully saturated rings. The number of benzene rings is 1. The monoisotopic (exact) mass is 327 g/mol. The molecular weight excluding hydrogens is 306 g/mol. The number of carboxylic acids is 2. The zero-order valence-corrected chi connectivity index (χ0v) is 13.2. The van der Waals surface area contributed by atoms with Crippen molar-refractivity contribution in [3.05, 3.63) is 35.9 Å². The number of carboxylic acid groups (broad SMARTS) is 2. The third-order valence-corrected chi connectivity index (χ3v) is 4.22. The standard InChI is InChI=1S/C16H21NO4.ClH/c18-14(19)10-16(11-15(20)21)6-8-17(9-7-16)12-13-4-2-1-3-5-13;/h1-5H,6-12H2,(H,18,19)(H,20,21);1H. The van der Waals surface area contributed by atoms with E-state index in [4.69, 9.17) is 10.2 Å². The third kappa shape index (κ3) is 5.31. The maximum absolute atomic E-state index is 11.0. The summed E-state index contributed by atoms with van der Waals surface area (Å²) in [6.07, 6.45) is 1.13. The number of hydrogen-bond acceptors (Lipinski definition) is 3. The first-order valence-corrected chi connectivity index (χ1v) is 7.19. The summed E-state index contributed by atoms with van der Waals surface area (Å²) in [5.41, 5.74) is 0.631. The lowest BCUT2D eigenvalue weighted by Gasteiger charge is -2.40. The van der Waals surface area contributed by atoms with Gasteiger partial charge < -0.3 is 10.2 Å². The fourth-order valence-electron chi connectivity index (χ4n) is 3.08. The van der Waals surface area contributed by atoms with Crippen LogP contribution in [-0.4, -0.2) is 40.1 Å². The lowest BCUT2D eigenvalue weighted by molar-refractivity contribution is -0.145. The van der Waals surface area contributed by atoms with E-state index in [1.807, 2.05) is 18.2 Å². The molecule has 1 aliphatic rings. The van der Waals surface area contributed by atoms with Crippen LogP contribution in [0, 0.1) is 5.41 Å². The molecular formula is C16H22ClNO4. The zero-order chi connectivity index (χ0) is 15.3. The van der Waals surface area contributed by atoms with Crippen LogP contribution in [0.15, 0.2) is 30.3 Å². The highest BCUT2D eigenvalue weighted by molar-refractivity contribution is 5.85. The molecule has 0 amide bonds. The van der Waals surface area contributed by atoms with Crippen LogP contribution in [0.4, 0.5) is 0 Å². The van der Waals surface area contributed by atoms with E-state index < -0.39 is 17.4 Å². The Labute approximate surface area is 136 Å². The average Bonchev–Trinajstić information content (AvgIpc) is 2.41. The van der Waals surface area contributed by atoms with Gasteiger partial charge in [0.2, 0.25) is 0 Å². The van der Waals surface area contributed by atoms with Crippen LogP contribution in [0.25, 0.3) is 0 Å². The second-order valence-electron chi connectivity index (χ2n) is 5.90. The molecule has 1 saturated heterocycles. The lowest BCUT2D eigenvalue weighted by Crippen LogP contribution is -2.42. The van der Waals surface area contributed by atoms with Crippen molar-refractivity contribution in [1.29, 1.82) is 0 Å². The predicted octanol–water partition coefficient (Wildman–Crippen LogP) is 2.64. The molecule has 22 heavy (non-hydrogen) atoms. The number of likely N-dealkylation sites (tertiary alicyclic amines) is 1. The van der Waals surface area contributed by atoms with Gasteiger partial charge >= 0.3 is 11.9 Å². The highest BCUT2D eigenvalue weighted by atomic mass is 35.5. The van der Waals surface area contributed by atoms with Gasteiger partial charge in [0.1, 0.15) is 0 Å². The van der Waals surface area contributed by atoms with E-state index in [0.717, 1.165) is 19.6 Å². The molecule has 0 radical (unpaired) electrons. The zero-order valence-electron chi connectivity index (χ0n) is 12.4. The van der Waals surface area contributed by atoms with E-state index >= 15 is 0 Å². The fraction of sp³-hybridized carbons (Fsp3) is 0.500. The number of hydrogen-bond donors (Lipinski definition) is 2. The molecule has 2 N–H and O–H groups in total. The summed E-state index contributed by atoms with van der Waals surface area (Å²) in [4.78, 5) is 24.3. The molecule has 0 atom stereocenters. The summed E-state index contributed by atoms with van der Waals surface area (Å²) < 4.78 is 0. The van der Waals surface area contributed by atoms with Gasteiger partial charge in [-0.2, -0.15) is 0 Å². The van der Waals surface area contributed by atoms with Crippen LogP contribution in [0.1, 0.15) is 31.2 Å². The van der Waals surface area contributed by atoms with Crippen molar-refractivity contribution in [1.82, 2.24) is 4.90 Å². The van der Waals surface area contributed by atoms with Gasteiger partial charge in [-0.25, -0.2) is 0 Å². The highest BCUT2D eigenvalue weighted by Gasteiger charge is 2.38. The van der Waals surface area contributed by atoms with E-state index in [1.54, 1.807) is 0 Å². The summed E-state index contributed by atoms with van der Waals surface area (Å²) in [7, 11) is 0. The molecule has 1 aromatic rings. The van der Waals surface area contributed by atoms with Gasteiger partial charge in [-0.1, -0.05) is 30.3 Å². The fourth-order valence-corrected chi connectivity index (χ4v) is 3.08. The Morgan fingerprint density at radius 3 is 1.95 bits per heavy atom. The normalized spacial score (nSPS) is 17.5. The number of nitrogens with zero attached hydrogens (tertiary/aromatic N) is 1. The summed E-state index contributed by atoms with van der Waals surface area (Å²) in [5.74, 6) is -1.82. The number of aliphatic carboxylic acids is 2. The van der Waals surface area contributed by atoms with Crippen molar-refractivity contribution in [2.75, 3.05) is 13.1 Å². The maximum atomic E-state index is 11.0. The lowest BCUT2D eigenvalue weighted by atomic mass is 9.73. The quantitative estimate of drug-likeness (QED) is 0.839. The molecule has 1 aliphatic heterocycles. The molecule has 6 heteroatoms. The Balaban J connectivity index is 0.00000242. The van der Waals surface area contributed by atoms with E-state index in [-0.39, 0.29) is 25.2 Å². The number of halogens is 1. The van der Waals surface area contributed by atoms with Gasteiger partial charge in [0, 0.05) is 6.54 Å². The van der Waals surface area contributed by atoms with Crippen LogP contribution in [0.5, 0.6) is 0 Å². The largest absolute Gasteiger partial charge is 0.481 e. The van der Waals surface area contributed by atoms with Crippen molar-refractivity contribution in [2.24, 2.45) is 5.41 Å². The first-order valence-electron chi connectivity index (χ1n) is 7.19. The molecule has 1 heterocycles. The van der Waals surface area contributed by atoms with E-state index in [9.17, 15) is 9.59 Å². The van der Waals surface area contributed by atoms with Gasteiger partial charge in [-0.05, 0) is 36.9 Å². The first-order chi connectivity index (χ1) is 9.99. The number of rotatable bonds is 6. The van der Waals surface area contributed by atoms with Crippen LogP contribution in [0.2, 0.25) is 0 Å². The van der Waals surface area contributed by atoms with Crippen molar-refractivity contribution in [2.45, 2.75) is 32.2 Å². The smallest absolute Gasteiger partial charge is 0.303 e. The van der Waals surface area contributed by atoms with E-state index in [1.165, 1.54) is 5.56 Å². The molecule has 0 spiro atoms. The molecule has 0 bridgehead atoms. The Kier molecular flexibility index (Phi) is 6.84. The first kappa shape index (κ1) is 18.5. The minimum Gasteiger partial charge on any atom is -0.481 e. The molecule has 0 aliphatic carbocycles. The average molecular weight is 328 g/mol. The summed E-state index contributed by atoms with van der Waals surface area (Å²) in [5, 5.41) is 18.1. The topological polar surface area (TPSA) is 77.8 Å². The SMILES string of the molecule is Cl.O=C(O)CC1(CC(=O)O)CCN(Cc2ccccc2)CC1. The summed E-state index contributed by atoms with van der Waals surface area (Å²) in [6, 6.07) is 10.1. The second kappa shape index (κ2) is 8.15. The molecule has 0 aromatic heterocycles. The van der Waals surface area contributed by atoms with Gasteiger partial charge in [0.15, 0.2) is 0 Å². The van der Waals surface area contributed by atoms with Crippen LogP contribution < -0.4 is 0 Å². The van der Waals surface area contributed by atoms with Crippen molar-refractivity contribution < 1.29 is 19.8 Å². The number of carbonyl (C=O) groups is 2. The van der Waals surface area contributed by atoms with E-state index in [0.29, 0.717) is 12.8 Å². The minimum absolute atomic E-state index is 0. The van der Waals surface area contributed by atoms with Crippen LogP contribution in [0.3, 0.4) is 0 Å². The van der Waals surface area contributed by atoms with Gasteiger partial charge in [-0.15, -0.1) is 12.4 Å². The highest BCUT2D eigenvalue weighted by Crippen LogP contribution is 2.38. The molecule has 0 unspecified atom stereocenters. The molecule has 0 saturated carbocycles. The van der Waals surface area contributed by atoms with Crippen molar-refractivity contribution >= 4 is 24.3 Å². The second-order valence-corrected chi connectivity index (χ2v) is 5.90. The Morgan fingerprint density at radius 2 is 1.50 bits per heavy atom. The molecule has 5 nitrogen and oxygen atoms in total. The van der Waals surface area contributed by atoms with Gasteiger partial charge in [0.25, 0.3) is 0 Å². The third-order valence-electron chi connectivity index (χ3n) is 4.22. The van der Waals surface area contributed by atoms with Crippen molar-refractivity contribution in [3.8, 4) is 0 Å². The van der Waals surface area contributed by atoms with Crippen LogP contribution >= 0.6 is 12.4 Å². The predicted molar refractivity (Wildman–Crippen MR) is 85.1 cm³/mol.